The molecule has 0 bridgehead atoms. The molecule has 110 valence electrons. The molecular weight excluding hydrogens is 306 g/mol. The Bertz CT molecular complexity index is 739. The van der Waals surface area contributed by atoms with Gasteiger partial charge >= 0.3 is 0 Å². The molecule has 0 aliphatic rings. The van der Waals surface area contributed by atoms with Gasteiger partial charge in [-0.05, 0) is 19.1 Å². The smallest absolute Gasteiger partial charge is 0.205 e. The van der Waals surface area contributed by atoms with Gasteiger partial charge in [0.2, 0.25) is 5.13 Å². The number of hydrogen-bond donors (Lipinski definition) is 2. The van der Waals surface area contributed by atoms with Gasteiger partial charge in [0.15, 0.2) is 5.16 Å². The number of thioether (sulfide) groups is 1. The van der Waals surface area contributed by atoms with E-state index in [2.05, 4.69) is 25.5 Å². The van der Waals surface area contributed by atoms with Gasteiger partial charge in [0.05, 0.1) is 23.4 Å². The highest BCUT2D eigenvalue weighted by Gasteiger charge is 2.08. The number of fused-ring (bicyclic) bond motifs is 1. The first-order chi connectivity index (χ1) is 10.3. The van der Waals surface area contributed by atoms with E-state index in [1.807, 2.05) is 32.2 Å². The average Bonchev–Trinajstić information content (AvgIpc) is 3.11. The van der Waals surface area contributed by atoms with Crippen LogP contribution in [-0.4, -0.2) is 33.8 Å². The van der Waals surface area contributed by atoms with E-state index in [1.54, 1.807) is 23.1 Å². The summed E-state index contributed by atoms with van der Waals surface area (Å²) in [5.41, 5.74) is 1.92. The number of aromatic amines is 1. The van der Waals surface area contributed by atoms with Crippen LogP contribution >= 0.6 is 23.1 Å². The molecule has 0 radical (unpaired) electrons. The third-order valence-corrected chi connectivity index (χ3v) is 4.76. The van der Waals surface area contributed by atoms with Crippen molar-refractivity contribution in [1.29, 1.82) is 0 Å². The van der Waals surface area contributed by atoms with Gasteiger partial charge in [-0.25, -0.2) is 4.98 Å². The molecule has 21 heavy (non-hydrogen) atoms. The second-order valence-electron chi connectivity index (χ2n) is 4.19. The molecule has 0 unspecified atom stereocenters. The average molecular weight is 321 g/mol. The Morgan fingerprint density at radius 3 is 3.05 bits per heavy atom. The van der Waals surface area contributed by atoms with Crippen molar-refractivity contribution in [2.24, 2.45) is 0 Å². The number of anilines is 1. The van der Waals surface area contributed by atoms with Gasteiger partial charge in [-0.15, -0.1) is 10.2 Å². The van der Waals surface area contributed by atoms with E-state index in [0.717, 1.165) is 37.8 Å². The van der Waals surface area contributed by atoms with E-state index in [-0.39, 0.29) is 0 Å². The van der Waals surface area contributed by atoms with Gasteiger partial charge in [0.1, 0.15) is 10.8 Å². The molecule has 2 heterocycles. The molecule has 0 aliphatic heterocycles. The summed E-state index contributed by atoms with van der Waals surface area (Å²) in [7, 11) is 1.84. The summed E-state index contributed by atoms with van der Waals surface area (Å²) in [4.78, 5) is 7.85. The van der Waals surface area contributed by atoms with Crippen molar-refractivity contribution in [1.82, 2.24) is 20.2 Å². The van der Waals surface area contributed by atoms with Crippen LogP contribution in [0.1, 0.15) is 11.9 Å². The maximum Gasteiger partial charge on any atom is 0.205 e. The lowest BCUT2D eigenvalue weighted by Gasteiger charge is -2.00. The molecule has 0 saturated heterocycles. The number of benzene rings is 1. The highest BCUT2D eigenvalue weighted by Crippen LogP contribution is 2.27. The van der Waals surface area contributed by atoms with Crippen LogP contribution in [0.5, 0.6) is 5.75 Å². The van der Waals surface area contributed by atoms with Crippen molar-refractivity contribution in [2.45, 2.75) is 17.8 Å². The summed E-state index contributed by atoms with van der Waals surface area (Å²) >= 11 is 3.17. The van der Waals surface area contributed by atoms with Gasteiger partial charge in [-0.1, -0.05) is 23.1 Å². The molecule has 8 heteroatoms. The lowest BCUT2D eigenvalue weighted by atomic mass is 10.3. The fourth-order valence-corrected chi connectivity index (χ4v) is 3.40. The van der Waals surface area contributed by atoms with Crippen molar-refractivity contribution in [3.05, 3.63) is 23.2 Å². The number of nitrogens with zero attached hydrogens (tertiary/aromatic N) is 3. The summed E-state index contributed by atoms with van der Waals surface area (Å²) in [6, 6.07) is 5.87. The first kappa shape index (κ1) is 14.2. The highest BCUT2D eigenvalue weighted by molar-refractivity contribution is 7.98. The van der Waals surface area contributed by atoms with Gasteiger partial charge in [-0.2, -0.15) is 0 Å². The zero-order valence-electron chi connectivity index (χ0n) is 11.7. The lowest BCUT2D eigenvalue weighted by molar-refractivity contribution is 0.340. The summed E-state index contributed by atoms with van der Waals surface area (Å²) in [5, 5.41) is 13.8. The molecule has 0 amide bonds. The SMILES string of the molecule is CCOc1ccc2nc(SCc3nnc(NC)s3)[nH]c2c1. The summed E-state index contributed by atoms with van der Waals surface area (Å²) in [6.07, 6.45) is 0. The van der Waals surface area contributed by atoms with Gasteiger partial charge in [0.25, 0.3) is 0 Å². The first-order valence-corrected chi connectivity index (χ1v) is 8.34. The van der Waals surface area contributed by atoms with E-state index in [0.29, 0.717) is 6.61 Å². The van der Waals surface area contributed by atoms with E-state index < -0.39 is 0 Å². The topological polar surface area (TPSA) is 75.7 Å². The molecule has 3 rings (SSSR count). The number of ether oxygens (including phenoxy) is 1. The molecule has 3 aromatic rings. The Morgan fingerprint density at radius 2 is 2.29 bits per heavy atom. The zero-order valence-corrected chi connectivity index (χ0v) is 13.3. The quantitative estimate of drug-likeness (QED) is 0.679. The molecule has 2 aromatic heterocycles. The van der Waals surface area contributed by atoms with Crippen LogP contribution in [0.25, 0.3) is 11.0 Å². The minimum atomic E-state index is 0.659. The van der Waals surface area contributed by atoms with Gasteiger partial charge < -0.3 is 15.0 Å². The van der Waals surface area contributed by atoms with Crippen LogP contribution in [0.4, 0.5) is 5.13 Å². The molecule has 0 atom stereocenters. The van der Waals surface area contributed by atoms with E-state index >= 15 is 0 Å². The van der Waals surface area contributed by atoms with Gasteiger partial charge in [-0.3, -0.25) is 0 Å². The third kappa shape index (κ3) is 3.27. The largest absolute Gasteiger partial charge is 0.494 e. The Labute approximate surface area is 130 Å². The van der Waals surface area contributed by atoms with Crippen LogP contribution in [0, 0.1) is 0 Å². The highest BCUT2D eigenvalue weighted by atomic mass is 32.2. The fraction of sp³-hybridized carbons (Fsp3) is 0.308. The fourth-order valence-electron chi connectivity index (χ4n) is 1.83. The van der Waals surface area contributed by atoms with E-state index in [4.69, 9.17) is 4.74 Å². The van der Waals surface area contributed by atoms with Crippen LogP contribution < -0.4 is 10.1 Å². The zero-order chi connectivity index (χ0) is 14.7. The van der Waals surface area contributed by atoms with Crippen LogP contribution in [-0.2, 0) is 5.75 Å². The standard InChI is InChI=1S/C13H15N5OS2/c1-3-19-8-4-5-9-10(6-8)16-13(15-9)20-7-11-17-18-12(14-2)21-11/h4-6H,3,7H2,1-2H3,(H,14,18)(H,15,16). The Hall–Kier alpha value is -1.80. The second kappa shape index (κ2) is 6.31. The first-order valence-electron chi connectivity index (χ1n) is 6.54. The number of imidazole rings is 1. The predicted molar refractivity (Wildman–Crippen MR) is 86.3 cm³/mol. The molecule has 2 N–H and O–H groups in total. The van der Waals surface area contributed by atoms with E-state index in [9.17, 15) is 0 Å². The lowest BCUT2D eigenvalue weighted by Crippen LogP contribution is -1.90. The maximum absolute atomic E-state index is 5.49. The number of nitrogens with one attached hydrogen (secondary N) is 2. The number of H-pyrrole nitrogens is 1. The van der Waals surface area contributed by atoms with Crippen molar-refractivity contribution in [3.8, 4) is 5.75 Å². The summed E-state index contributed by atoms with van der Waals surface area (Å²) in [5.74, 6) is 1.60. The monoisotopic (exact) mass is 321 g/mol. The van der Waals surface area contributed by atoms with Gasteiger partial charge in [0, 0.05) is 13.1 Å². The molecule has 0 fully saturated rings. The van der Waals surface area contributed by atoms with E-state index in [1.165, 1.54) is 0 Å². The Balaban J connectivity index is 1.71. The third-order valence-electron chi connectivity index (χ3n) is 2.76. The van der Waals surface area contributed by atoms with Crippen molar-refractivity contribution < 1.29 is 4.74 Å². The van der Waals surface area contributed by atoms with Crippen LogP contribution in [0.3, 0.4) is 0 Å². The molecule has 0 saturated carbocycles. The van der Waals surface area contributed by atoms with Crippen LogP contribution in [0.15, 0.2) is 23.4 Å². The Morgan fingerprint density at radius 1 is 1.38 bits per heavy atom. The summed E-state index contributed by atoms with van der Waals surface area (Å²) in [6.45, 7) is 2.63. The molecular formula is C13H15N5OS2. The van der Waals surface area contributed by atoms with Crippen molar-refractivity contribution >= 4 is 39.3 Å². The number of rotatable bonds is 6. The molecule has 0 spiro atoms. The number of hydrogen-bond acceptors (Lipinski definition) is 7. The molecule has 1 aromatic carbocycles. The minimum Gasteiger partial charge on any atom is -0.494 e. The van der Waals surface area contributed by atoms with Crippen molar-refractivity contribution in [2.75, 3.05) is 19.0 Å². The molecule has 0 aliphatic carbocycles. The van der Waals surface area contributed by atoms with Crippen molar-refractivity contribution in [3.63, 3.8) is 0 Å². The second-order valence-corrected chi connectivity index (χ2v) is 6.22. The predicted octanol–water partition coefficient (Wildman–Crippen LogP) is 3.15. The van der Waals surface area contributed by atoms with Crippen LogP contribution in [0.2, 0.25) is 0 Å². The normalized spacial score (nSPS) is 11.0. The maximum atomic E-state index is 5.49. The minimum absolute atomic E-state index is 0.659. The Kier molecular flexibility index (Phi) is 4.26. The number of aromatic nitrogens is 4. The summed E-state index contributed by atoms with van der Waals surface area (Å²) < 4.78 is 5.49. The molecule has 6 nitrogen and oxygen atoms in total.